The maximum Gasteiger partial charge on any atom is 0.224 e. The Morgan fingerprint density at radius 1 is 0.950 bits per heavy atom. The Labute approximate surface area is 121 Å². The van der Waals surface area contributed by atoms with Gasteiger partial charge in [0.25, 0.3) is 0 Å². The summed E-state index contributed by atoms with van der Waals surface area (Å²) in [6, 6.07) is 9.48. The van der Waals surface area contributed by atoms with E-state index in [0.717, 1.165) is 31.4 Å². The van der Waals surface area contributed by atoms with Crippen molar-refractivity contribution in [1.29, 1.82) is 0 Å². The zero-order valence-electron chi connectivity index (χ0n) is 12.4. The molecule has 0 aromatic heterocycles. The van der Waals surface area contributed by atoms with Crippen LogP contribution in [0.2, 0.25) is 0 Å². The molecule has 0 radical (unpaired) electrons. The van der Waals surface area contributed by atoms with E-state index in [0.29, 0.717) is 12.8 Å². The quantitative estimate of drug-likeness (QED) is 0.742. The normalized spacial score (nSPS) is 10.1. The van der Waals surface area contributed by atoms with Crippen molar-refractivity contribution < 1.29 is 9.59 Å². The lowest BCUT2D eigenvalue weighted by Crippen LogP contribution is -2.21. The maximum atomic E-state index is 11.7. The number of unbranched alkanes of at least 4 members (excludes halogenated alkanes) is 3. The van der Waals surface area contributed by atoms with Crippen LogP contribution >= 0.6 is 0 Å². The van der Waals surface area contributed by atoms with Crippen molar-refractivity contribution in [3.63, 3.8) is 0 Å². The molecule has 4 heteroatoms. The first-order valence-corrected chi connectivity index (χ1v) is 7.14. The van der Waals surface area contributed by atoms with E-state index in [2.05, 4.69) is 5.32 Å². The zero-order chi connectivity index (χ0) is 14.8. The number of carbonyl (C=O) groups excluding carboxylic acids is 2. The minimum Gasteiger partial charge on any atom is -0.349 e. The first-order chi connectivity index (χ1) is 9.59. The molecule has 110 valence electrons. The Morgan fingerprint density at radius 2 is 1.55 bits per heavy atom. The van der Waals surface area contributed by atoms with Gasteiger partial charge in [-0.15, -0.1) is 0 Å². The molecule has 0 aliphatic rings. The molecule has 0 saturated carbocycles. The molecule has 0 spiro atoms. The van der Waals surface area contributed by atoms with Gasteiger partial charge in [-0.3, -0.25) is 9.59 Å². The number of benzene rings is 1. The molecule has 0 atom stereocenters. The van der Waals surface area contributed by atoms with Gasteiger partial charge in [0.05, 0.1) is 0 Å². The van der Waals surface area contributed by atoms with Crippen molar-refractivity contribution in [2.75, 3.05) is 19.4 Å². The number of rotatable bonds is 8. The number of hydrogen-bond acceptors (Lipinski definition) is 2. The van der Waals surface area contributed by atoms with Gasteiger partial charge in [0.1, 0.15) is 0 Å². The fourth-order valence-corrected chi connectivity index (χ4v) is 1.88. The topological polar surface area (TPSA) is 49.4 Å². The number of nitrogens with one attached hydrogen (secondary N) is 1. The van der Waals surface area contributed by atoms with Gasteiger partial charge in [-0.05, 0) is 25.0 Å². The first kappa shape index (κ1) is 16.2. The molecule has 1 aromatic carbocycles. The van der Waals surface area contributed by atoms with Crippen molar-refractivity contribution in [2.24, 2.45) is 0 Å². The Balaban J connectivity index is 2.04. The number of nitrogens with zero attached hydrogens (tertiary/aromatic N) is 1. The summed E-state index contributed by atoms with van der Waals surface area (Å²) in [5.74, 6) is 0.229. The van der Waals surface area contributed by atoms with Crippen molar-refractivity contribution in [2.45, 2.75) is 38.5 Å². The van der Waals surface area contributed by atoms with Gasteiger partial charge in [-0.1, -0.05) is 31.0 Å². The summed E-state index contributed by atoms with van der Waals surface area (Å²) in [6.45, 7) is 0. The highest BCUT2D eigenvalue weighted by atomic mass is 16.2. The average Bonchev–Trinajstić information content (AvgIpc) is 2.43. The number of anilines is 1. The van der Waals surface area contributed by atoms with Crippen LogP contribution in [0.1, 0.15) is 38.5 Å². The van der Waals surface area contributed by atoms with Crippen LogP contribution in [0.4, 0.5) is 5.69 Å². The van der Waals surface area contributed by atoms with Gasteiger partial charge in [0, 0.05) is 32.6 Å². The van der Waals surface area contributed by atoms with Crippen LogP contribution in [-0.2, 0) is 9.59 Å². The monoisotopic (exact) mass is 276 g/mol. The highest BCUT2D eigenvalue weighted by Crippen LogP contribution is 2.09. The standard InChI is InChI=1S/C16H24N2O2/c1-18(2)16(20)13-9-4-3-8-12-15(19)17-14-10-6-5-7-11-14/h5-7,10-11H,3-4,8-9,12-13H2,1-2H3,(H,17,19). The van der Waals surface area contributed by atoms with Crippen molar-refractivity contribution >= 4 is 17.5 Å². The summed E-state index contributed by atoms with van der Waals surface area (Å²) in [5.41, 5.74) is 0.842. The van der Waals surface area contributed by atoms with E-state index >= 15 is 0 Å². The summed E-state index contributed by atoms with van der Waals surface area (Å²) in [5, 5.41) is 2.87. The fraction of sp³-hybridized carbons (Fsp3) is 0.500. The van der Waals surface area contributed by atoms with Crippen LogP contribution in [0.15, 0.2) is 30.3 Å². The van der Waals surface area contributed by atoms with Gasteiger partial charge < -0.3 is 10.2 Å². The third-order valence-corrected chi connectivity index (χ3v) is 3.10. The Bertz CT molecular complexity index is 416. The molecule has 1 aromatic rings. The van der Waals surface area contributed by atoms with Crippen LogP contribution in [-0.4, -0.2) is 30.8 Å². The van der Waals surface area contributed by atoms with Gasteiger partial charge >= 0.3 is 0 Å². The zero-order valence-corrected chi connectivity index (χ0v) is 12.4. The Hall–Kier alpha value is -1.84. The summed E-state index contributed by atoms with van der Waals surface area (Å²) >= 11 is 0. The van der Waals surface area contributed by atoms with Gasteiger partial charge in [-0.2, -0.15) is 0 Å². The lowest BCUT2D eigenvalue weighted by molar-refractivity contribution is -0.128. The predicted molar refractivity (Wildman–Crippen MR) is 81.5 cm³/mol. The Morgan fingerprint density at radius 3 is 2.15 bits per heavy atom. The fourth-order valence-electron chi connectivity index (χ4n) is 1.88. The molecule has 20 heavy (non-hydrogen) atoms. The number of hydrogen-bond donors (Lipinski definition) is 1. The second-order valence-corrected chi connectivity index (χ2v) is 5.12. The molecule has 0 heterocycles. The largest absolute Gasteiger partial charge is 0.349 e. The van der Waals surface area contributed by atoms with Crippen molar-refractivity contribution in [3.8, 4) is 0 Å². The molecule has 0 saturated heterocycles. The predicted octanol–water partition coefficient (Wildman–Crippen LogP) is 3.05. The lowest BCUT2D eigenvalue weighted by atomic mass is 10.1. The van der Waals surface area contributed by atoms with E-state index in [4.69, 9.17) is 0 Å². The van der Waals surface area contributed by atoms with Gasteiger partial charge in [-0.25, -0.2) is 0 Å². The molecular weight excluding hydrogens is 252 g/mol. The first-order valence-electron chi connectivity index (χ1n) is 7.14. The minimum atomic E-state index is 0.0561. The molecule has 0 bridgehead atoms. The van der Waals surface area contributed by atoms with Gasteiger partial charge in [0.2, 0.25) is 11.8 Å². The van der Waals surface area contributed by atoms with E-state index < -0.39 is 0 Å². The summed E-state index contributed by atoms with van der Waals surface area (Å²) in [6.07, 6.45) is 4.90. The highest BCUT2D eigenvalue weighted by molar-refractivity contribution is 5.90. The van der Waals surface area contributed by atoms with Gasteiger partial charge in [0.15, 0.2) is 0 Å². The van der Waals surface area contributed by atoms with Crippen LogP contribution < -0.4 is 5.32 Å². The van der Waals surface area contributed by atoms with E-state index in [1.54, 1.807) is 19.0 Å². The van der Waals surface area contributed by atoms with Crippen molar-refractivity contribution in [3.05, 3.63) is 30.3 Å². The molecule has 0 aliphatic carbocycles. The third-order valence-electron chi connectivity index (χ3n) is 3.10. The lowest BCUT2D eigenvalue weighted by Gasteiger charge is -2.09. The van der Waals surface area contributed by atoms with Crippen LogP contribution in [0.25, 0.3) is 0 Å². The van der Waals surface area contributed by atoms with E-state index in [9.17, 15) is 9.59 Å². The third kappa shape index (κ3) is 6.92. The van der Waals surface area contributed by atoms with E-state index in [1.165, 1.54) is 0 Å². The molecule has 0 fully saturated rings. The molecule has 2 amide bonds. The summed E-state index contributed by atoms with van der Waals surface area (Å²) in [4.78, 5) is 24.6. The maximum absolute atomic E-state index is 11.7. The van der Waals surface area contributed by atoms with E-state index in [1.807, 2.05) is 30.3 Å². The minimum absolute atomic E-state index is 0.0561. The molecular formula is C16H24N2O2. The number of amides is 2. The average molecular weight is 276 g/mol. The van der Waals surface area contributed by atoms with Crippen LogP contribution in [0.3, 0.4) is 0 Å². The molecule has 4 nitrogen and oxygen atoms in total. The molecule has 1 rings (SSSR count). The second kappa shape index (κ2) is 9.13. The Kier molecular flexibility index (Phi) is 7.40. The molecule has 0 unspecified atom stereocenters. The summed E-state index contributed by atoms with van der Waals surface area (Å²) in [7, 11) is 3.55. The molecule has 0 aliphatic heterocycles. The van der Waals surface area contributed by atoms with Crippen LogP contribution in [0.5, 0.6) is 0 Å². The smallest absolute Gasteiger partial charge is 0.224 e. The number of carbonyl (C=O) groups is 2. The number of para-hydroxylation sites is 1. The van der Waals surface area contributed by atoms with Crippen LogP contribution in [0, 0.1) is 0 Å². The van der Waals surface area contributed by atoms with E-state index in [-0.39, 0.29) is 11.8 Å². The SMILES string of the molecule is CN(C)C(=O)CCCCCCC(=O)Nc1ccccc1. The molecule has 1 N–H and O–H groups in total. The second-order valence-electron chi connectivity index (χ2n) is 5.12. The summed E-state index contributed by atoms with van der Waals surface area (Å²) < 4.78 is 0. The van der Waals surface area contributed by atoms with Crippen molar-refractivity contribution in [1.82, 2.24) is 4.90 Å². The highest BCUT2D eigenvalue weighted by Gasteiger charge is 2.04.